The average molecular weight is 265 g/mol. The van der Waals surface area contributed by atoms with Crippen molar-refractivity contribution in [3.63, 3.8) is 0 Å². The van der Waals surface area contributed by atoms with Gasteiger partial charge < -0.3 is 5.32 Å². The molecule has 0 amide bonds. The van der Waals surface area contributed by atoms with Crippen LogP contribution in [0.2, 0.25) is 0 Å². The molecule has 0 aliphatic carbocycles. The topological polar surface area (TPSA) is 12.0 Å². The highest BCUT2D eigenvalue weighted by Gasteiger charge is 1.96. The molecule has 0 unspecified atom stereocenters. The van der Waals surface area contributed by atoms with Crippen molar-refractivity contribution < 1.29 is 0 Å². The predicted octanol–water partition coefficient (Wildman–Crippen LogP) is 4.54. The molecule has 0 atom stereocenters. The Labute approximate surface area is 122 Å². The van der Waals surface area contributed by atoms with Crippen molar-refractivity contribution in [3.05, 3.63) is 82.6 Å². The van der Waals surface area contributed by atoms with E-state index in [-0.39, 0.29) is 0 Å². The van der Waals surface area contributed by atoms with Crippen molar-refractivity contribution in [2.45, 2.75) is 33.7 Å². The molecule has 0 aliphatic heterocycles. The third kappa shape index (κ3) is 4.27. The first-order valence-corrected chi connectivity index (χ1v) is 7.16. The van der Waals surface area contributed by atoms with Crippen LogP contribution in [0.5, 0.6) is 0 Å². The maximum atomic E-state index is 3.47. The van der Waals surface area contributed by atoms with Gasteiger partial charge in [0, 0.05) is 12.2 Å². The van der Waals surface area contributed by atoms with Gasteiger partial charge in [0.1, 0.15) is 0 Å². The molecule has 2 aromatic rings. The Bertz CT molecular complexity index is 579. The van der Waals surface area contributed by atoms with E-state index in [2.05, 4.69) is 80.7 Å². The molecular weight excluding hydrogens is 242 g/mol. The van der Waals surface area contributed by atoms with Gasteiger partial charge in [-0.1, -0.05) is 60.2 Å². The first-order chi connectivity index (χ1) is 9.65. The SMILES string of the molecule is C/C(=C\Cc1ccccc1C)NCc1ccc(C)cc1. The van der Waals surface area contributed by atoms with Gasteiger partial charge in [-0.15, -0.1) is 0 Å². The minimum atomic E-state index is 0.885. The van der Waals surface area contributed by atoms with E-state index < -0.39 is 0 Å². The van der Waals surface area contributed by atoms with Crippen molar-refractivity contribution in [2.24, 2.45) is 0 Å². The highest BCUT2D eigenvalue weighted by Crippen LogP contribution is 2.09. The maximum Gasteiger partial charge on any atom is 0.0397 e. The largest absolute Gasteiger partial charge is 0.385 e. The summed E-state index contributed by atoms with van der Waals surface area (Å²) in [6.45, 7) is 7.30. The number of benzene rings is 2. The zero-order valence-corrected chi connectivity index (χ0v) is 12.6. The zero-order valence-electron chi connectivity index (χ0n) is 12.6. The van der Waals surface area contributed by atoms with Gasteiger partial charge in [-0.2, -0.15) is 0 Å². The van der Waals surface area contributed by atoms with Gasteiger partial charge in [-0.25, -0.2) is 0 Å². The Morgan fingerprint density at radius 3 is 2.40 bits per heavy atom. The molecule has 0 heterocycles. The van der Waals surface area contributed by atoms with Gasteiger partial charge in [-0.3, -0.25) is 0 Å². The van der Waals surface area contributed by atoms with E-state index in [1.54, 1.807) is 0 Å². The fourth-order valence-corrected chi connectivity index (χ4v) is 2.12. The lowest BCUT2D eigenvalue weighted by atomic mass is 10.1. The average Bonchev–Trinajstić information content (AvgIpc) is 2.46. The van der Waals surface area contributed by atoms with E-state index in [9.17, 15) is 0 Å². The highest BCUT2D eigenvalue weighted by molar-refractivity contribution is 5.28. The second-order valence-corrected chi connectivity index (χ2v) is 5.36. The number of nitrogens with one attached hydrogen (secondary N) is 1. The van der Waals surface area contributed by atoms with Gasteiger partial charge in [0.25, 0.3) is 0 Å². The van der Waals surface area contributed by atoms with Gasteiger partial charge in [0.15, 0.2) is 0 Å². The van der Waals surface area contributed by atoms with Crippen molar-refractivity contribution in [1.82, 2.24) is 5.32 Å². The molecular formula is C19H23N. The third-order valence-electron chi connectivity index (χ3n) is 3.58. The molecule has 2 rings (SSSR count). The lowest BCUT2D eigenvalue weighted by Crippen LogP contribution is -2.10. The van der Waals surface area contributed by atoms with Crippen LogP contribution >= 0.6 is 0 Å². The summed E-state index contributed by atoms with van der Waals surface area (Å²) in [5.74, 6) is 0. The fourth-order valence-electron chi connectivity index (χ4n) is 2.12. The van der Waals surface area contributed by atoms with E-state index in [0.717, 1.165) is 13.0 Å². The van der Waals surface area contributed by atoms with Crippen LogP contribution in [0.4, 0.5) is 0 Å². The van der Waals surface area contributed by atoms with E-state index in [1.807, 2.05) is 0 Å². The Morgan fingerprint density at radius 1 is 1.00 bits per heavy atom. The molecule has 0 fully saturated rings. The molecule has 1 N–H and O–H groups in total. The fraction of sp³-hybridized carbons (Fsp3) is 0.263. The van der Waals surface area contributed by atoms with Crippen molar-refractivity contribution >= 4 is 0 Å². The summed E-state index contributed by atoms with van der Waals surface area (Å²) in [6.07, 6.45) is 3.25. The van der Waals surface area contributed by atoms with Crippen molar-refractivity contribution in [2.75, 3.05) is 0 Å². The summed E-state index contributed by atoms with van der Waals surface area (Å²) in [7, 11) is 0. The van der Waals surface area contributed by atoms with Gasteiger partial charge in [0.2, 0.25) is 0 Å². The smallest absolute Gasteiger partial charge is 0.0397 e. The monoisotopic (exact) mass is 265 g/mol. The van der Waals surface area contributed by atoms with Crippen LogP contribution in [0.15, 0.2) is 60.3 Å². The molecule has 0 aromatic heterocycles. The second-order valence-electron chi connectivity index (χ2n) is 5.36. The molecule has 0 bridgehead atoms. The minimum Gasteiger partial charge on any atom is -0.385 e. The van der Waals surface area contributed by atoms with E-state index >= 15 is 0 Å². The molecule has 1 nitrogen and oxygen atoms in total. The Hall–Kier alpha value is -2.02. The first-order valence-electron chi connectivity index (χ1n) is 7.16. The van der Waals surface area contributed by atoms with Crippen LogP contribution in [0.25, 0.3) is 0 Å². The molecule has 2 aromatic carbocycles. The molecule has 0 saturated heterocycles. The number of hydrogen-bond acceptors (Lipinski definition) is 1. The van der Waals surface area contributed by atoms with E-state index in [0.29, 0.717) is 0 Å². The summed E-state index contributed by atoms with van der Waals surface area (Å²) in [5.41, 5.74) is 6.60. The number of allylic oxidation sites excluding steroid dienone is 2. The molecule has 0 aliphatic rings. The van der Waals surface area contributed by atoms with E-state index in [1.165, 1.54) is 28.0 Å². The molecule has 0 radical (unpaired) electrons. The second kappa shape index (κ2) is 6.95. The molecule has 20 heavy (non-hydrogen) atoms. The zero-order chi connectivity index (χ0) is 14.4. The Morgan fingerprint density at radius 2 is 1.70 bits per heavy atom. The minimum absolute atomic E-state index is 0.885. The number of aryl methyl sites for hydroxylation is 2. The molecule has 0 saturated carbocycles. The van der Waals surface area contributed by atoms with E-state index in [4.69, 9.17) is 0 Å². The van der Waals surface area contributed by atoms with Gasteiger partial charge in [0.05, 0.1) is 0 Å². The summed E-state index contributed by atoms with van der Waals surface area (Å²) in [5, 5.41) is 3.47. The van der Waals surface area contributed by atoms with Crippen LogP contribution in [0, 0.1) is 13.8 Å². The molecule has 0 spiro atoms. The summed E-state index contributed by atoms with van der Waals surface area (Å²) in [4.78, 5) is 0. The number of rotatable bonds is 5. The lowest BCUT2D eigenvalue weighted by Gasteiger charge is -2.08. The Balaban J connectivity index is 1.88. The van der Waals surface area contributed by atoms with Crippen LogP contribution < -0.4 is 5.32 Å². The summed E-state index contributed by atoms with van der Waals surface area (Å²) < 4.78 is 0. The lowest BCUT2D eigenvalue weighted by molar-refractivity contribution is 0.805. The van der Waals surface area contributed by atoms with Crippen LogP contribution in [-0.2, 0) is 13.0 Å². The van der Waals surface area contributed by atoms with Gasteiger partial charge >= 0.3 is 0 Å². The normalized spacial score (nSPS) is 11.4. The van der Waals surface area contributed by atoms with Crippen LogP contribution in [0.3, 0.4) is 0 Å². The number of hydrogen-bond donors (Lipinski definition) is 1. The molecule has 1 heteroatoms. The highest BCUT2D eigenvalue weighted by atomic mass is 14.9. The summed E-state index contributed by atoms with van der Waals surface area (Å²) >= 11 is 0. The predicted molar refractivity (Wildman–Crippen MR) is 86.7 cm³/mol. The maximum absolute atomic E-state index is 3.47. The van der Waals surface area contributed by atoms with Crippen LogP contribution in [0.1, 0.15) is 29.2 Å². The van der Waals surface area contributed by atoms with Crippen molar-refractivity contribution in [3.8, 4) is 0 Å². The molecule has 104 valence electrons. The van der Waals surface area contributed by atoms with Crippen LogP contribution in [-0.4, -0.2) is 0 Å². The summed E-state index contributed by atoms with van der Waals surface area (Å²) in [6, 6.07) is 17.2. The first kappa shape index (κ1) is 14.4. The van der Waals surface area contributed by atoms with Gasteiger partial charge in [-0.05, 0) is 43.9 Å². The Kier molecular flexibility index (Phi) is 5.00. The third-order valence-corrected chi connectivity index (χ3v) is 3.58. The quantitative estimate of drug-likeness (QED) is 0.837. The van der Waals surface area contributed by atoms with Crippen molar-refractivity contribution in [1.29, 1.82) is 0 Å². The standard InChI is InChI=1S/C19H23N/c1-15-8-11-18(12-9-15)14-20-17(3)10-13-19-7-5-4-6-16(19)2/h4-12,20H,13-14H2,1-3H3/b17-10+.